The van der Waals surface area contributed by atoms with Crippen molar-refractivity contribution in [1.82, 2.24) is 25.5 Å². The fourth-order valence-corrected chi connectivity index (χ4v) is 4.78. The van der Waals surface area contributed by atoms with Gasteiger partial charge in [0.2, 0.25) is 0 Å². The molecule has 8 nitrogen and oxygen atoms in total. The Morgan fingerprint density at radius 3 is 2.74 bits per heavy atom. The van der Waals surface area contributed by atoms with Crippen molar-refractivity contribution in [3.8, 4) is 28.1 Å². The molecule has 3 aromatic rings. The number of nitrogens with one attached hydrogen (secondary N) is 2. The van der Waals surface area contributed by atoms with Gasteiger partial charge in [0.05, 0.1) is 36.9 Å². The maximum Gasteiger partial charge on any atom is 0.147 e. The van der Waals surface area contributed by atoms with Crippen molar-refractivity contribution in [2.75, 3.05) is 18.1 Å². The number of rotatable bonds is 6. The fraction of sp³-hybridized carbons (Fsp3) is 0.409. The Bertz CT molecular complexity index is 1030. The number of H-pyrrole nitrogens is 1. The Hall–Kier alpha value is -3.04. The molecule has 2 fully saturated rings. The average molecular weight is 424 g/mol. The van der Waals surface area contributed by atoms with E-state index in [0.717, 1.165) is 24.0 Å². The molecule has 4 heterocycles. The van der Waals surface area contributed by atoms with E-state index in [1.54, 1.807) is 36.9 Å². The molecule has 9 heteroatoms. The third-order valence-corrected chi connectivity index (χ3v) is 6.33. The molecule has 5 rings (SSSR count). The topological polar surface area (TPSA) is 110 Å². The number of aromatic amines is 1. The van der Waals surface area contributed by atoms with Crippen LogP contribution < -0.4 is 10.2 Å². The highest BCUT2D eigenvalue weighted by atomic mass is 19.1. The van der Waals surface area contributed by atoms with Crippen molar-refractivity contribution < 1.29 is 14.6 Å². The number of aromatic nitrogens is 4. The number of piperidine rings is 1. The predicted molar refractivity (Wildman–Crippen MR) is 114 cm³/mol. The van der Waals surface area contributed by atoms with E-state index in [-0.39, 0.29) is 24.4 Å². The minimum absolute atomic E-state index is 0.0896. The third kappa shape index (κ3) is 3.75. The lowest BCUT2D eigenvalue weighted by Gasteiger charge is -2.40. The number of aromatic hydroxyl groups is 1. The first-order chi connectivity index (χ1) is 15.1. The summed E-state index contributed by atoms with van der Waals surface area (Å²) in [6.45, 7) is 0.203. The van der Waals surface area contributed by atoms with E-state index in [9.17, 15) is 10.2 Å². The molecule has 0 amide bonds. The van der Waals surface area contributed by atoms with Gasteiger partial charge in [-0.1, -0.05) is 6.07 Å². The van der Waals surface area contributed by atoms with Gasteiger partial charge in [0.1, 0.15) is 17.7 Å². The van der Waals surface area contributed by atoms with E-state index in [2.05, 4.69) is 25.5 Å². The van der Waals surface area contributed by atoms with Crippen LogP contribution in [0.2, 0.25) is 0 Å². The number of phenolic OH excluding ortho intramolecular Hbond substituents is 1. The summed E-state index contributed by atoms with van der Waals surface area (Å²) in [5, 5.41) is 30.1. The van der Waals surface area contributed by atoms with Crippen molar-refractivity contribution in [3.63, 3.8) is 0 Å². The van der Waals surface area contributed by atoms with Gasteiger partial charge in [0.25, 0.3) is 0 Å². The van der Waals surface area contributed by atoms with Gasteiger partial charge in [-0.05, 0) is 37.0 Å². The van der Waals surface area contributed by atoms with Crippen LogP contribution in [-0.4, -0.2) is 67.8 Å². The van der Waals surface area contributed by atoms with Gasteiger partial charge in [-0.3, -0.25) is 10.1 Å². The predicted octanol–water partition coefficient (Wildman–Crippen LogP) is 2.27. The minimum atomic E-state index is -1.02. The number of nitrogens with zero attached hydrogens (tertiary/aromatic N) is 4. The highest BCUT2D eigenvalue weighted by Gasteiger charge is 2.44. The number of alkyl halides is 1. The molecule has 0 unspecified atom stereocenters. The maximum absolute atomic E-state index is 15.1. The molecule has 31 heavy (non-hydrogen) atoms. The molecule has 2 bridgehead atoms. The summed E-state index contributed by atoms with van der Waals surface area (Å²) in [4.78, 5) is 10.8. The molecule has 162 valence electrons. The monoisotopic (exact) mass is 424 g/mol. The smallest absolute Gasteiger partial charge is 0.147 e. The normalized spacial score (nSPS) is 25.0. The van der Waals surface area contributed by atoms with Crippen LogP contribution in [0.25, 0.3) is 22.4 Å². The summed E-state index contributed by atoms with van der Waals surface area (Å²) < 4.78 is 15.1. The molecule has 2 aliphatic heterocycles. The van der Waals surface area contributed by atoms with E-state index < -0.39 is 6.17 Å². The number of phenols is 1. The zero-order chi connectivity index (χ0) is 21.4. The lowest BCUT2D eigenvalue weighted by atomic mass is 9.96. The number of aliphatic hydroxyl groups excluding tert-OH is 1. The second kappa shape index (κ2) is 8.24. The van der Waals surface area contributed by atoms with E-state index in [1.807, 2.05) is 11.0 Å². The van der Waals surface area contributed by atoms with Gasteiger partial charge in [-0.15, -0.1) is 0 Å². The van der Waals surface area contributed by atoms with Crippen molar-refractivity contribution in [2.24, 2.45) is 0 Å². The Morgan fingerprint density at radius 2 is 2.03 bits per heavy atom. The van der Waals surface area contributed by atoms with Gasteiger partial charge >= 0.3 is 0 Å². The van der Waals surface area contributed by atoms with Crippen LogP contribution in [-0.2, 0) is 0 Å². The van der Waals surface area contributed by atoms with Gasteiger partial charge in [0, 0.05) is 36.0 Å². The zero-order valence-corrected chi connectivity index (χ0v) is 16.9. The first-order valence-electron chi connectivity index (χ1n) is 10.6. The average Bonchev–Trinajstić information content (AvgIpc) is 3.46. The van der Waals surface area contributed by atoms with Crippen LogP contribution >= 0.6 is 0 Å². The lowest BCUT2D eigenvalue weighted by molar-refractivity contribution is 0.167. The number of halogens is 1. The Balaban J connectivity index is 1.39. The SMILES string of the molecule is OCCN(c1cnc(-c2ccc(-c3cn[nH]c3)cc2O)cn1)[C@@H]1C[C@H]2CC[C@H](N2)[C@@H]1F. The van der Waals surface area contributed by atoms with Crippen LogP contribution in [0, 0.1) is 0 Å². The molecule has 2 aliphatic rings. The quantitative estimate of drug-likeness (QED) is 0.480. The number of aliphatic hydroxyl groups is 1. The molecular weight excluding hydrogens is 399 g/mol. The molecule has 2 aromatic heterocycles. The number of hydrogen-bond donors (Lipinski definition) is 4. The summed E-state index contributed by atoms with van der Waals surface area (Å²) in [6, 6.07) is 5.16. The third-order valence-electron chi connectivity index (χ3n) is 6.33. The lowest BCUT2D eigenvalue weighted by Crippen LogP contribution is -2.57. The van der Waals surface area contributed by atoms with Crippen LogP contribution in [0.3, 0.4) is 0 Å². The molecule has 4 N–H and O–H groups in total. The Morgan fingerprint density at radius 1 is 1.13 bits per heavy atom. The second-order valence-corrected chi connectivity index (χ2v) is 8.19. The number of anilines is 1. The summed E-state index contributed by atoms with van der Waals surface area (Å²) in [6.07, 6.45) is 8.08. The molecule has 0 saturated carbocycles. The van der Waals surface area contributed by atoms with E-state index >= 15 is 4.39 Å². The van der Waals surface area contributed by atoms with E-state index in [1.165, 1.54) is 0 Å². The van der Waals surface area contributed by atoms with Crippen LogP contribution in [0.4, 0.5) is 10.2 Å². The van der Waals surface area contributed by atoms with Crippen LogP contribution in [0.1, 0.15) is 19.3 Å². The summed E-state index contributed by atoms with van der Waals surface area (Å²) in [5.74, 6) is 0.618. The summed E-state index contributed by atoms with van der Waals surface area (Å²) in [5.41, 5.74) is 2.79. The van der Waals surface area contributed by atoms with Crippen LogP contribution in [0.5, 0.6) is 5.75 Å². The van der Waals surface area contributed by atoms with Gasteiger partial charge in [-0.2, -0.15) is 5.10 Å². The van der Waals surface area contributed by atoms with Gasteiger partial charge in [-0.25, -0.2) is 9.37 Å². The van der Waals surface area contributed by atoms with Crippen molar-refractivity contribution in [3.05, 3.63) is 43.0 Å². The fourth-order valence-electron chi connectivity index (χ4n) is 4.78. The maximum atomic E-state index is 15.1. The molecule has 2 saturated heterocycles. The molecule has 4 atom stereocenters. The molecule has 0 radical (unpaired) electrons. The largest absolute Gasteiger partial charge is 0.507 e. The Labute approximate surface area is 179 Å². The second-order valence-electron chi connectivity index (χ2n) is 8.19. The summed E-state index contributed by atoms with van der Waals surface area (Å²) in [7, 11) is 0. The van der Waals surface area contributed by atoms with E-state index in [0.29, 0.717) is 36.1 Å². The molecule has 0 aliphatic carbocycles. The minimum Gasteiger partial charge on any atom is -0.507 e. The van der Waals surface area contributed by atoms with Crippen molar-refractivity contribution >= 4 is 5.82 Å². The van der Waals surface area contributed by atoms with E-state index in [4.69, 9.17) is 0 Å². The van der Waals surface area contributed by atoms with Gasteiger partial charge < -0.3 is 20.4 Å². The zero-order valence-electron chi connectivity index (χ0n) is 16.9. The summed E-state index contributed by atoms with van der Waals surface area (Å²) >= 11 is 0. The first kappa shape index (κ1) is 19.9. The van der Waals surface area contributed by atoms with Gasteiger partial charge in [0.15, 0.2) is 0 Å². The first-order valence-corrected chi connectivity index (χ1v) is 10.6. The number of benzene rings is 1. The molecule has 1 aromatic carbocycles. The molecule has 0 spiro atoms. The molecular formula is C22H25FN6O2. The van der Waals surface area contributed by atoms with Crippen molar-refractivity contribution in [1.29, 1.82) is 0 Å². The Kier molecular flexibility index (Phi) is 5.29. The highest BCUT2D eigenvalue weighted by Crippen LogP contribution is 2.35. The number of fused-ring (bicyclic) bond motifs is 2. The number of hydrogen-bond acceptors (Lipinski definition) is 7. The standard InChI is InChI=1S/C22H25FN6O2/c23-22-17-4-2-15(28-17)8-19(22)29(5-6-30)21-12-24-18(11-25-21)16-3-1-13(7-20(16)31)14-9-26-27-10-14/h1,3,7,9-12,15,17,19,22,28,30-31H,2,4-6,8H2,(H,26,27)/t15-,17+,19-,22+/m1/s1. The van der Waals surface area contributed by atoms with Crippen molar-refractivity contribution in [2.45, 2.75) is 43.6 Å². The van der Waals surface area contributed by atoms with Crippen LogP contribution in [0.15, 0.2) is 43.0 Å². The highest BCUT2D eigenvalue weighted by molar-refractivity contribution is 5.73.